The summed E-state index contributed by atoms with van der Waals surface area (Å²) >= 11 is 1.77. The van der Waals surface area contributed by atoms with E-state index in [0.717, 1.165) is 18.4 Å². The number of rotatable bonds is 6. The van der Waals surface area contributed by atoms with E-state index < -0.39 is 5.54 Å². The van der Waals surface area contributed by atoms with Crippen LogP contribution in [0.2, 0.25) is 0 Å². The van der Waals surface area contributed by atoms with Gasteiger partial charge < -0.3 is 5.73 Å². The van der Waals surface area contributed by atoms with E-state index in [-0.39, 0.29) is 10.7 Å². The highest BCUT2D eigenvalue weighted by atomic mass is 32.2. The SMILES string of the molecule is CC(C)(C)SCC(NC1CC1)(C(N)=O)c1ccccc1. The van der Waals surface area contributed by atoms with Gasteiger partial charge in [0.25, 0.3) is 0 Å². The topological polar surface area (TPSA) is 55.1 Å². The van der Waals surface area contributed by atoms with Crippen LogP contribution in [0.5, 0.6) is 0 Å². The molecule has 110 valence electrons. The van der Waals surface area contributed by atoms with Gasteiger partial charge in [0.15, 0.2) is 0 Å². The average molecular weight is 292 g/mol. The summed E-state index contributed by atoms with van der Waals surface area (Å²) in [5.41, 5.74) is 6.00. The zero-order valence-corrected chi connectivity index (χ0v) is 13.3. The van der Waals surface area contributed by atoms with E-state index in [1.165, 1.54) is 0 Å². The van der Waals surface area contributed by atoms with Crippen LogP contribution in [-0.4, -0.2) is 22.4 Å². The summed E-state index contributed by atoms with van der Waals surface area (Å²) in [6, 6.07) is 10.3. The van der Waals surface area contributed by atoms with Crippen molar-refractivity contribution in [3.63, 3.8) is 0 Å². The van der Waals surface area contributed by atoms with E-state index in [1.807, 2.05) is 30.3 Å². The van der Waals surface area contributed by atoms with Crippen LogP contribution >= 0.6 is 11.8 Å². The van der Waals surface area contributed by atoms with Crippen LogP contribution in [-0.2, 0) is 10.3 Å². The summed E-state index contributed by atoms with van der Waals surface area (Å²) in [6.45, 7) is 6.47. The summed E-state index contributed by atoms with van der Waals surface area (Å²) in [6.07, 6.45) is 2.25. The highest BCUT2D eigenvalue weighted by Crippen LogP contribution is 2.35. The van der Waals surface area contributed by atoms with Crippen LogP contribution in [0.4, 0.5) is 0 Å². The molecule has 1 unspecified atom stereocenters. The van der Waals surface area contributed by atoms with Crippen molar-refractivity contribution in [1.29, 1.82) is 0 Å². The number of carbonyl (C=O) groups excluding carboxylic acids is 1. The number of thioether (sulfide) groups is 1. The Bertz CT molecular complexity index is 465. The largest absolute Gasteiger partial charge is 0.368 e. The van der Waals surface area contributed by atoms with Crippen molar-refractivity contribution >= 4 is 17.7 Å². The van der Waals surface area contributed by atoms with E-state index in [9.17, 15) is 4.79 Å². The molecule has 1 aliphatic carbocycles. The highest BCUT2D eigenvalue weighted by Gasteiger charge is 2.43. The van der Waals surface area contributed by atoms with Gasteiger partial charge in [-0.3, -0.25) is 10.1 Å². The Morgan fingerprint density at radius 3 is 2.35 bits per heavy atom. The van der Waals surface area contributed by atoms with Crippen molar-refractivity contribution in [1.82, 2.24) is 5.32 Å². The molecule has 1 atom stereocenters. The molecule has 3 N–H and O–H groups in total. The van der Waals surface area contributed by atoms with Crippen LogP contribution in [0.1, 0.15) is 39.2 Å². The number of hydrogen-bond donors (Lipinski definition) is 2. The number of nitrogens with one attached hydrogen (secondary N) is 1. The minimum atomic E-state index is -0.764. The molecule has 0 saturated heterocycles. The zero-order chi connectivity index (χ0) is 14.8. The molecule has 1 aromatic carbocycles. The molecule has 0 aliphatic heterocycles. The molecule has 20 heavy (non-hydrogen) atoms. The molecule has 1 saturated carbocycles. The fourth-order valence-corrected chi connectivity index (χ4v) is 3.16. The third-order valence-electron chi connectivity index (χ3n) is 3.44. The molecule has 4 heteroatoms. The fourth-order valence-electron chi connectivity index (χ4n) is 2.12. The molecule has 0 heterocycles. The van der Waals surface area contributed by atoms with Gasteiger partial charge in [0.1, 0.15) is 5.54 Å². The lowest BCUT2D eigenvalue weighted by atomic mass is 9.90. The second-order valence-electron chi connectivity index (χ2n) is 6.46. The Morgan fingerprint density at radius 2 is 1.90 bits per heavy atom. The Morgan fingerprint density at radius 1 is 1.30 bits per heavy atom. The molecular weight excluding hydrogens is 268 g/mol. The molecule has 0 aromatic heterocycles. The van der Waals surface area contributed by atoms with Gasteiger partial charge in [-0.05, 0) is 18.4 Å². The van der Waals surface area contributed by atoms with Gasteiger partial charge in [-0.15, -0.1) is 0 Å². The Hall–Kier alpha value is -1.00. The Kier molecular flexibility index (Phi) is 4.45. The van der Waals surface area contributed by atoms with Crippen LogP contribution < -0.4 is 11.1 Å². The number of hydrogen-bond acceptors (Lipinski definition) is 3. The highest BCUT2D eigenvalue weighted by molar-refractivity contribution is 8.00. The minimum absolute atomic E-state index is 0.0979. The molecule has 0 bridgehead atoms. The maximum Gasteiger partial charge on any atom is 0.243 e. The fraction of sp³-hybridized carbons (Fsp3) is 0.562. The molecule has 1 amide bonds. The maximum atomic E-state index is 12.2. The summed E-state index contributed by atoms with van der Waals surface area (Å²) < 4.78 is 0.0979. The molecule has 2 rings (SSSR count). The van der Waals surface area contributed by atoms with E-state index in [2.05, 4.69) is 26.1 Å². The van der Waals surface area contributed by atoms with Gasteiger partial charge in [-0.1, -0.05) is 51.1 Å². The monoisotopic (exact) mass is 292 g/mol. The molecule has 0 radical (unpaired) electrons. The third kappa shape index (κ3) is 3.76. The summed E-state index contributed by atoms with van der Waals surface area (Å²) in [5, 5.41) is 3.50. The first-order valence-corrected chi connectivity index (χ1v) is 8.09. The number of primary amides is 1. The van der Waals surface area contributed by atoms with Crippen LogP contribution in [0.25, 0.3) is 0 Å². The first kappa shape index (κ1) is 15.4. The molecule has 1 aromatic rings. The van der Waals surface area contributed by atoms with Gasteiger partial charge in [0, 0.05) is 16.5 Å². The summed E-state index contributed by atoms with van der Waals surface area (Å²) in [4.78, 5) is 12.2. The Labute approximate surface area is 125 Å². The molecule has 1 aliphatic rings. The van der Waals surface area contributed by atoms with Crippen molar-refractivity contribution < 1.29 is 4.79 Å². The van der Waals surface area contributed by atoms with E-state index in [1.54, 1.807) is 11.8 Å². The molecule has 0 spiro atoms. The van der Waals surface area contributed by atoms with Crippen LogP contribution in [0.15, 0.2) is 30.3 Å². The van der Waals surface area contributed by atoms with E-state index in [4.69, 9.17) is 5.73 Å². The van der Waals surface area contributed by atoms with Gasteiger partial charge in [-0.25, -0.2) is 0 Å². The maximum absolute atomic E-state index is 12.2. The van der Waals surface area contributed by atoms with Gasteiger partial charge >= 0.3 is 0 Å². The number of nitrogens with two attached hydrogens (primary N) is 1. The first-order valence-electron chi connectivity index (χ1n) is 7.11. The number of carbonyl (C=O) groups is 1. The zero-order valence-electron chi connectivity index (χ0n) is 12.5. The second-order valence-corrected chi connectivity index (χ2v) is 8.26. The van der Waals surface area contributed by atoms with Crippen LogP contribution in [0.3, 0.4) is 0 Å². The molecular formula is C16H24N2OS. The van der Waals surface area contributed by atoms with Gasteiger partial charge in [0.2, 0.25) is 5.91 Å². The third-order valence-corrected chi connectivity index (χ3v) is 4.88. The standard InChI is InChI=1S/C16H24N2OS/c1-15(2,3)20-11-16(14(17)19,18-13-9-10-13)12-7-5-4-6-8-12/h4-8,13,18H,9-11H2,1-3H3,(H2,17,19). The van der Waals surface area contributed by atoms with E-state index >= 15 is 0 Å². The predicted octanol–water partition coefficient (Wildman–Crippen LogP) is 2.65. The normalized spacial score (nSPS) is 18.6. The molecule has 1 fully saturated rings. The number of amides is 1. The van der Waals surface area contributed by atoms with Crippen molar-refractivity contribution in [2.45, 2.75) is 49.9 Å². The summed E-state index contributed by atoms with van der Waals surface area (Å²) in [7, 11) is 0. The lowest BCUT2D eigenvalue weighted by Gasteiger charge is -2.34. The lowest BCUT2D eigenvalue weighted by Crippen LogP contribution is -2.56. The van der Waals surface area contributed by atoms with Crippen LogP contribution in [0, 0.1) is 0 Å². The van der Waals surface area contributed by atoms with Gasteiger partial charge in [-0.2, -0.15) is 11.8 Å². The van der Waals surface area contributed by atoms with Crippen molar-refractivity contribution in [3.8, 4) is 0 Å². The smallest absolute Gasteiger partial charge is 0.243 e. The van der Waals surface area contributed by atoms with E-state index in [0.29, 0.717) is 11.8 Å². The predicted molar refractivity (Wildman–Crippen MR) is 85.7 cm³/mol. The molecule has 3 nitrogen and oxygen atoms in total. The first-order chi connectivity index (χ1) is 9.33. The van der Waals surface area contributed by atoms with Gasteiger partial charge in [0.05, 0.1) is 0 Å². The average Bonchev–Trinajstić information content (AvgIpc) is 3.18. The summed E-state index contributed by atoms with van der Waals surface area (Å²) in [5.74, 6) is 0.374. The quantitative estimate of drug-likeness (QED) is 0.847. The van der Waals surface area contributed by atoms with Crippen molar-refractivity contribution in [2.24, 2.45) is 5.73 Å². The van der Waals surface area contributed by atoms with Crippen molar-refractivity contribution in [2.75, 3.05) is 5.75 Å². The number of benzene rings is 1. The van der Waals surface area contributed by atoms with Crippen molar-refractivity contribution in [3.05, 3.63) is 35.9 Å². The second kappa shape index (κ2) is 5.78. The lowest BCUT2D eigenvalue weighted by molar-refractivity contribution is -0.124. The minimum Gasteiger partial charge on any atom is -0.368 e. The Balaban J connectivity index is 2.31.